The lowest BCUT2D eigenvalue weighted by Crippen LogP contribution is -2.22. The van der Waals surface area contributed by atoms with E-state index in [1.807, 2.05) is 0 Å². The van der Waals surface area contributed by atoms with Crippen molar-refractivity contribution < 1.29 is 0 Å². The Kier molecular flexibility index (Phi) is 5.04. The first-order chi connectivity index (χ1) is 13.9. The molecule has 0 atom stereocenters. The van der Waals surface area contributed by atoms with Crippen molar-refractivity contribution in [3.63, 3.8) is 0 Å². The van der Waals surface area contributed by atoms with Crippen molar-refractivity contribution in [2.75, 3.05) is 0 Å². The predicted octanol–water partition coefficient (Wildman–Crippen LogP) is 7.89. The minimum Gasteiger partial charge on any atom is -0.0807 e. The van der Waals surface area contributed by atoms with E-state index in [-0.39, 0.29) is 10.8 Å². The Labute approximate surface area is 175 Å². The van der Waals surface area contributed by atoms with Gasteiger partial charge in [0.25, 0.3) is 0 Å². The Morgan fingerprint density at radius 2 is 1.24 bits per heavy atom. The second kappa shape index (κ2) is 7.52. The average Bonchev–Trinajstić information content (AvgIpc) is 3.03. The summed E-state index contributed by atoms with van der Waals surface area (Å²) in [6.07, 6.45) is 12.1. The quantitative estimate of drug-likeness (QED) is 0.433. The molecule has 0 N–H and O–H groups in total. The van der Waals surface area contributed by atoms with E-state index in [1.54, 1.807) is 0 Å². The molecule has 0 unspecified atom stereocenters. The Bertz CT molecular complexity index is 1110. The molecule has 0 heteroatoms. The van der Waals surface area contributed by atoms with Gasteiger partial charge in [-0.05, 0) is 39.5 Å². The maximum absolute atomic E-state index is 2.36. The summed E-state index contributed by atoms with van der Waals surface area (Å²) in [7, 11) is 0. The predicted molar refractivity (Wildman–Crippen MR) is 127 cm³/mol. The molecule has 0 saturated carbocycles. The number of hydrogen-bond donors (Lipinski definition) is 0. The maximum atomic E-state index is 2.36. The number of allylic oxidation sites excluding steroid dienone is 6. The zero-order chi connectivity index (χ0) is 20.5. The van der Waals surface area contributed by atoms with Gasteiger partial charge in [-0.15, -0.1) is 0 Å². The molecule has 0 spiro atoms. The number of rotatable bonds is 4. The molecule has 0 heterocycles. The lowest BCUT2D eigenvalue weighted by atomic mass is 9.72. The molecule has 1 aliphatic rings. The normalized spacial score (nSPS) is 14.7. The second-order valence-corrected chi connectivity index (χ2v) is 9.00. The van der Waals surface area contributed by atoms with Crippen LogP contribution < -0.4 is 0 Å². The fourth-order valence-electron chi connectivity index (χ4n) is 4.61. The molecule has 0 nitrogen and oxygen atoms in total. The molecule has 3 aromatic carbocycles. The maximum Gasteiger partial charge on any atom is 0.0152 e. The van der Waals surface area contributed by atoms with E-state index in [4.69, 9.17) is 0 Å². The van der Waals surface area contributed by atoms with E-state index in [0.29, 0.717) is 0 Å². The first-order valence-corrected chi connectivity index (χ1v) is 10.5. The third kappa shape index (κ3) is 3.49. The van der Waals surface area contributed by atoms with Crippen LogP contribution in [0.4, 0.5) is 0 Å². The van der Waals surface area contributed by atoms with E-state index in [0.717, 1.165) is 6.42 Å². The minimum atomic E-state index is -0.0606. The molecule has 4 rings (SSSR count). The van der Waals surface area contributed by atoms with Gasteiger partial charge in [-0.25, -0.2) is 0 Å². The molecule has 0 aliphatic heterocycles. The van der Waals surface area contributed by atoms with Crippen LogP contribution in [0.3, 0.4) is 0 Å². The fourth-order valence-corrected chi connectivity index (χ4v) is 4.61. The van der Waals surface area contributed by atoms with Gasteiger partial charge < -0.3 is 0 Å². The molecule has 0 aromatic heterocycles. The molecule has 0 fully saturated rings. The van der Waals surface area contributed by atoms with Gasteiger partial charge in [-0.3, -0.25) is 0 Å². The van der Waals surface area contributed by atoms with Crippen LogP contribution in [0.2, 0.25) is 0 Å². The van der Waals surface area contributed by atoms with Crippen LogP contribution in [-0.4, -0.2) is 0 Å². The van der Waals surface area contributed by atoms with E-state index >= 15 is 0 Å². The lowest BCUT2D eigenvalue weighted by molar-refractivity contribution is 0.639. The van der Waals surface area contributed by atoms with E-state index < -0.39 is 0 Å². The van der Waals surface area contributed by atoms with Crippen LogP contribution in [0.1, 0.15) is 50.8 Å². The van der Waals surface area contributed by atoms with E-state index in [1.165, 1.54) is 33.0 Å². The van der Waals surface area contributed by atoms with Gasteiger partial charge in [0.15, 0.2) is 0 Å². The van der Waals surface area contributed by atoms with Crippen molar-refractivity contribution >= 4 is 10.8 Å². The standard InChI is InChI=1S/C29H30/c1-28(2,22-14-8-5-6-9-15-22)26-20-12-19-25-24(26)18-13-21-27(25)29(3,4)23-16-10-7-11-17-23/h5-8,10-21H,9H2,1-4H3. The Hall–Kier alpha value is -2.86. The summed E-state index contributed by atoms with van der Waals surface area (Å²) in [5, 5.41) is 2.70. The van der Waals surface area contributed by atoms with Crippen LogP contribution in [0.5, 0.6) is 0 Å². The minimum absolute atomic E-state index is 0.0580. The zero-order valence-electron chi connectivity index (χ0n) is 17.9. The first-order valence-electron chi connectivity index (χ1n) is 10.5. The third-order valence-electron chi connectivity index (χ3n) is 6.48. The van der Waals surface area contributed by atoms with Gasteiger partial charge in [0.05, 0.1) is 0 Å². The summed E-state index contributed by atoms with van der Waals surface area (Å²) in [6.45, 7) is 9.35. The topological polar surface area (TPSA) is 0 Å². The molecule has 0 saturated heterocycles. The summed E-state index contributed by atoms with van der Waals surface area (Å²) in [5.41, 5.74) is 5.37. The molecule has 29 heavy (non-hydrogen) atoms. The monoisotopic (exact) mass is 378 g/mol. The fraction of sp³-hybridized carbons (Fsp3) is 0.241. The molecule has 0 bridgehead atoms. The third-order valence-corrected chi connectivity index (χ3v) is 6.48. The number of benzene rings is 3. The average molecular weight is 379 g/mol. The second-order valence-electron chi connectivity index (χ2n) is 9.00. The highest BCUT2D eigenvalue weighted by Crippen LogP contribution is 2.41. The molecule has 0 amide bonds. The van der Waals surface area contributed by atoms with E-state index in [9.17, 15) is 0 Å². The van der Waals surface area contributed by atoms with Gasteiger partial charge in [-0.2, -0.15) is 0 Å². The summed E-state index contributed by atoms with van der Waals surface area (Å²) in [5.74, 6) is 0. The molecule has 1 aliphatic carbocycles. The Morgan fingerprint density at radius 3 is 1.90 bits per heavy atom. The van der Waals surface area contributed by atoms with Crippen LogP contribution in [0.25, 0.3) is 10.8 Å². The number of hydrogen-bond acceptors (Lipinski definition) is 0. The lowest BCUT2D eigenvalue weighted by Gasteiger charge is -2.31. The van der Waals surface area contributed by atoms with Crippen LogP contribution in [0.15, 0.2) is 103 Å². The van der Waals surface area contributed by atoms with Crippen molar-refractivity contribution in [2.24, 2.45) is 0 Å². The van der Waals surface area contributed by atoms with Gasteiger partial charge in [0.1, 0.15) is 0 Å². The first kappa shape index (κ1) is 19.5. The summed E-state index contributed by atoms with van der Waals surface area (Å²) >= 11 is 0. The zero-order valence-corrected chi connectivity index (χ0v) is 17.9. The van der Waals surface area contributed by atoms with Crippen molar-refractivity contribution in [3.05, 3.63) is 119 Å². The van der Waals surface area contributed by atoms with Crippen LogP contribution in [-0.2, 0) is 10.8 Å². The molecule has 3 aromatic rings. The highest BCUT2D eigenvalue weighted by Gasteiger charge is 2.29. The van der Waals surface area contributed by atoms with Gasteiger partial charge in [0.2, 0.25) is 0 Å². The largest absolute Gasteiger partial charge is 0.0807 e. The van der Waals surface area contributed by atoms with Gasteiger partial charge in [0, 0.05) is 10.8 Å². The smallest absolute Gasteiger partial charge is 0.0152 e. The summed E-state index contributed by atoms with van der Waals surface area (Å²) in [4.78, 5) is 0. The van der Waals surface area contributed by atoms with Crippen molar-refractivity contribution in [1.29, 1.82) is 0 Å². The van der Waals surface area contributed by atoms with Crippen LogP contribution >= 0.6 is 0 Å². The van der Waals surface area contributed by atoms with Crippen molar-refractivity contribution in [3.8, 4) is 0 Å². The van der Waals surface area contributed by atoms with Crippen LogP contribution in [0, 0.1) is 0 Å². The molecule has 0 radical (unpaired) electrons. The Morgan fingerprint density at radius 1 is 0.621 bits per heavy atom. The summed E-state index contributed by atoms with van der Waals surface area (Å²) < 4.78 is 0. The van der Waals surface area contributed by atoms with Crippen molar-refractivity contribution in [1.82, 2.24) is 0 Å². The van der Waals surface area contributed by atoms with Gasteiger partial charge in [-0.1, -0.05) is 125 Å². The Balaban J connectivity index is 1.90. The highest BCUT2D eigenvalue weighted by atomic mass is 14.3. The molecular formula is C29H30. The van der Waals surface area contributed by atoms with Crippen molar-refractivity contribution in [2.45, 2.75) is 44.9 Å². The van der Waals surface area contributed by atoms with Gasteiger partial charge >= 0.3 is 0 Å². The molecular weight excluding hydrogens is 348 g/mol. The number of fused-ring (bicyclic) bond motifs is 1. The SMILES string of the molecule is CC(C)(C1=CCC=CC=C1)c1cccc2c(C(C)(C)c3ccccc3)cccc12. The summed E-state index contributed by atoms with van der Waals surface area (Å²) in [6, 6.07) is 24.4. The highest BCUT2D eigenvalue weighted by molar-refractivity contribution is 5.91. The van der Waals surface area contributed by atoms with E-state index in [2.05, 4.69) is 125 Å². The molecule has 146 valence electrons.